The minimum Gasteiger partial charge on any atom is -0.462 e. The minimum absolute atomic E-state index is 0.0954. The molecule has 0 aromatic heterocycles. The number of amides is 1. The largest absolute Gasteiger partial charge is 0.462 e. The van der Waals surface area contributed by atoms with Crippen LogP contribution in [0.5, 0.6) is 0 Å². The first-order valence-electron chi connectivity index (χ1n) is 8.23. The van der Waals surface area contributed by atoms with E-state index in [2.05, 4.69) is 10.0 Å². The highest BCUT2D eigenvalue weighted by atomic mass is 35.5. The molecule has 0 heterocycles. The molecule has 3 N–H and O–H groups in total. The molecule has 0 radical (unpaired) electrons. The molecule has 0 unspecified atom stereocenters. The molecule has 0 aliphatic rings. The average molecular weight is 427 g/mol. The molecule has 1 atom stereocenters. The van der Waals surface area contributed by atoms with Gasteiger partial charge in [0, 0.05) is 10.7 Å². The fourth-order valence-corrected chi connectivity index (χ4v) is 3.49. The fourth-order valence-electron chi connectivity index (χ4n) is 2.18. The molecule has 150 valence electrons. The maximum absolute atomic E-state index is 12.4. The van der Waals surface area contributed by atoms with E-state index in [1.54, 1.807) is 6.92 Å². The molecular formula is C18H19ClN2O6S. The number of nitrogens with one attached hydrogen (secondary N) is 2. The van der Waals surface area contributed by atoms with Gasteiger partial charge in [0.1, 0.15) is 6.04 Å². The Hall–Kier alpha value is -2.46. The van der Waals surface area contributed by atoms with Crippen molar-refractivity contribution < 1.29 is 27.9 Å². The first kappa shape index (κ1) is 21.8. The Morgan fingerprint density at radius 2 is 1.71 bits per heavy atom. The van der Waals surface area contributed by atoms with Gasteiger partial charge in [-0.05, 0) is 55.5 Å². The van der Waals surface area contributed by atoms with E-state index in [9.17, 15) is 23.1 Å². The number of hydrogen-bond acceptors (Lipinski definition) is 6. The molecule has 0 aliphatic carbocycles. The standard InChI is InChI=1S/C18H19ClN2O6S/c1-2-27-18(24)12-3-7-14(8-4-12)20-17(23)16(11-22)21-28(25,26)15-9-5-13(19)6-10-15/h3-10,16,21-22H,2,11H2,1H3,(H,20,23)/t16-/m0/s1. The summed E-state index contributed by atoms with van der Waals surface area (Å²) in [6.07, 6.45) is 0. The summed E-state index contributed by atoms with van der Waals surface area (Å²) in [5.74, 6) is -1.26. The lowest BCUT2D eigenvalue weighted by molar-refractivity contribution is -0.118. The van der Waals surface area contributed by atoms with Crippen molar-refractivity contribution in [1.29, 1.82) is 0 Å². The van der Waals surface area contributed by atoms with Crippen LogP contribution in [0, 0.1) is 0 Å². The molecule has 1 amide bonds. The van der Waals surface area contributed by atoms with E-state index in [1.807, 2.05) is 0 Å². The first-order valence-corrected chi connectivity index (χ1v) is 10.1. The highest BCUT2D eigenvalue weighted by Crippen LogP contribution is 2.15. The van der Waals surface area contributed by atoms with Crippen LogP contribution in [0.3, 0.4) is 0 Å². The van der Waals surface area contributed by atoms with Crippen LogP contribution in [-0.2, 0) is 19.6 Å². The topological polar surface area (TPSA) is 122 Å². The lowest BCUT2D eigenvalue weighted by atomic mass is 10.2. The Morgan fingerprint density at radius 1 is 1.11 bits per heavy atom. The zero-order chi connectivity index (χ0) is 20.7. The number of aliphatic hydroxyl groups is 1. The quantitative estimate of drug-likeness (QED) is 0.553. The van der Waals surface area contributed by atoms with Crippen molar-refractivity contribution in [1.82, 2.24) is 4.72 Å². The fraction of sp³-hybridized carbons (Fsp3) is 0.222. The Morgan fingerprint density at radius 3 is 2.25 bits per heavy atom. The van der Waals surface area contributed by atoms with E-state index in [1.165, 1.54) is 48.5 Å². The summed E-state index contributed by atoms with van der Waals surface area (Å²) < 4.78 is 31.7. The summed E-state index contributed by atoms with van der Waals surface area (Å²) in [5.41, 5.74) is 0.629. The molecule has 2 aromatic rings. The molecule has 2 aromatic carbocycles. The Bertz CT molecular complexity index is 930. The molecule has 28 heavy (non-hydrogen) atoms. The highest BCUT2D eigenvalue weighted by molar-refractivity contribution is 7.89. The van der Waals surface area contributed by atoms with E-state index in [0.717, 1.165) is 0 Å². The number of carbonyl (C=O) groups excluding carboxylic acids is 2. The number of carbonyl (C=O) groups is 2. The summed E-state index contributed by atoms with van der Waals surface area (Å²) >= 11 is 5.74. The number of esters is 1. The second-order valence-corrected chi connectivity index (χ2v) is 7.75. The van der Waals surface area contributed by atoms with Crippen molar-refractivity contribution in [3.8, 4) is 0 Å². The first-order chi connectivity index (χ1) is 13.3. The monoisotopic (exact) mass is 426 g/mol. The number of rotatable bonds is 8. The number of halogens is 1. The van der Waals surface area contributed by atoms with Crippen molar-refractivity contribution >= 4 is 39.2 Å². The molecule has 0 spiro atoms. The number of benzene rings is 2. The Labute approximate surface area is 167 Å². The lowest BCUT2D eigenvalue weighted by Gasteiger charge is -2.16. The maximum Gasteiger partial charge on any atom is 0.338 e. The normalized spacial score (nSPS) is 12.2. The molecular weight excluding hydrogens is 408 g/mol. The van der Waals surface area contributed by atoms with Gasteiger partial charge >= 0.3 is 5.97 Å². The van der Waals surface area contributed by atoms with E-state index in [-0.39, 0.29) is 11.5 Å². The third-order valence-electron chi connectivity index (χ3n) is 3.58. The van der Waals surface area contributed by atoms with Gasteiger partial charge in [0.05, 0.1) is 23.7 Å². The van der Waals surface area contributed by atoms with Crippen molar-refractivity contribution in [2.45, 2.75) is 17.9 Å². The van der Waals surface area contributed by atoms with Gasteiger partial charge < -0.3 is 15.2 Å². The summed E-state index contributed by atoms with van der Waals surface area (Å²) in [4.78, 5) is 23.8. The van der Waals surface area contributed by atoms with Gasteiger partial charge in [-0.2, -0.15) is 4.72 Å². The van der Waals surface area contributed by atoms with Gasteiger partial charge in [0.25, 0.3) is 0 Å². The van der Waals surface area contributed by atoms with Crippen LogP contribution in [0.1, 0.15) is 17.3 Å². The molecule has 0 aliphatic heterocycles. The molecule has 0 saturated carbocycles. The summed E-state index contributed by atoms with van der Waals surface area (Å²) in [5, 5.41) is 12.3. The van der Waals surface area contributed by atoms with Crippen LogP contribution in [0.15, 0.2) is 53.4 Å². The van der Waals surface area contributed by atoms with Crippen molar-refractivity contribution in [2.75, 3.05) is 18.5 Å². The molecule has 0 saturated heterocycles. The second kappa shape index (κ2) is 9.65. The number of anilines is 1. The third-order valence-corrected chi connectivity index (χ3v) is 5.32. The van der Waals surface area contributed by atoms with Crippen LogP contribution in [-0.4, -0.2) is 44.7 Å². The summed E-state index contributed by atoms with van der Waals surface area (Å²) in [6, 6.07) is 9.79. The molecule has 2 rings (SSSR count). The molecule has 8 nitrogen and oxygen atoms in total. The molecule has 0 bridgehead atoms. The number of sulfonamides is 1. The van der Waals surface area contributed by atoms with E-state index < -0.39 is 34.5 Å². The van der Waals surface area contributed by atoms with Crippen LogP contribution in [0.25, 0.3) is 0 Å². The van der Waals surface area contributed by atoms with Crippen LogP contribution in [0.4, 0.5) is 5.69 Å². The Balaban J connectivity index is 2.07. The summed E-state index contributed by atoms with van der Waals surface area (Å²) in [7, 11) is -4.04. The summed E-state index contributed by atoms with van der Waals surface area (Å²) in [6.45, 7) is 1.18. The predicted molar refractivity (Wildman–Crippen MR) is 104 cm³/mol. The Kier molecular flexibility index (Phi) is 7.53. The van der Waals surface area contributed by atoms with Crippen molar-refractivity contribution in [3.05, 3.63) is 59.1 Å². The van der Waals surface area contributed by atoms with E-state index in [0.29, 0.717) is 16.3 Å². The molecule has 0 fully saturated rings. The van der Waals surface area contributed by atoms with E-state index in [4.69, 9.17) is 16.3 Å². The third kappa shape index (κ3) is 5.77. The van der Waals surface area contributed by atoms with Gasteiger partial charge in [0.15, 0.2) is 0 Å². The molecule has 10 heteroatoms. The highest BCUT2D eigenvalue weighted by Gasteiger charge is 2.25. The minimum atomic E-state index is -4.04. The zero-order valence-corrected chi connectivity index (χ0v) is 16.5. The predicted octanol–water partition coefficient (Wildman–Crippen LogP) is 1.79. The van der Waals surface area contributed by atoms with Crippen molar-refractivity contribution in [3.63, 3.8) is 0 Å². The number of hydrogen-bond donors (Lipinski definition) is 3. The number of ether oxygens (including phenoxy) is 1. The van der Waals surface area contributed by atoms with Crippen molar-refractivity contribution in [2.24, 2.45) is 0 Å². The van der Waals surface area contributed by atoms with Crippen LogP contribution < -0.4 is 10.0 Å². The second-order valence-electron chi connectivity index (χ2n) is 5.60. The van der Waals surface area contributed by atoms with Gasteiger partial charge in [0.2, 0.25) is 15.9 Å². The maximum atomic E-state index is 12.4. The van der Waals surface area contributed by atoms with Gasteiger partial charge in [-0.15, -0.1) is 0 Å². The van der Waals surface area contributed by atoms with E-state index >= 15 is 0 Å². The van der Waals surface area contributed by atoms with Gasteiger partial charge in [-0.25, -0.2) is 13.2 Å². The van der Waals surface area contributed by atoms with Crippen LogP contribution in [0.2, 0.25) is 5.02 Å². The SMILES string of the molecule is CCOC(=O)c1ccc(NC(=O)[C@H](CO)NS(=O)(=O)c2ccc(Cl)cc2)cc1. The van der Waals surface area contributed by atoms with Gasteiger partial charge in [-0.1, -0.05) is 11.6 Å². The van der Waals surface area contributed by atoms with Gasteiger partial charge in [-0.3, -0.25) is 4.79 Å². The van der Waals surface area contributed by atoms with Crippen LogP contribution >= 0.6 is 11.6 Å². The lowest BCUT2D eigenvalue weighted by Crippen LogP contribution is -2.46. The average Bonchev–Trinajstić information content (AvgIpc) is 2.67. The smallest absolute Gasteiger partial charge is 0.338 e. The zero-order valence-electron chi connectivity index (χ0n) is 14.9. The number of aliphatic hydroxyl groups excluding tert-OH is 1.